The first-order chi connectivity index (χ1) is 10.2. The molecule has 0 heterocycles. The fourth-order valence-corrected chi connectivity index (χ4v) is 3.10. The zero-order valence-electron chi connectivity index (χ0n) is 12.6. The van der Waals surface area contributed by atoms with Crippen LogP contribution in [0.25, 0.3) is 16.3 Å². The summed E-state index contributed by atoms with van der Waals surface area (Å²) in [7, 11) is 0. The molecule has 2 aromatic carbocycles. The lowest BCUT2D eigenvalue weighted by atomic mass is 9.85. The van der Waals surface area contributed by atoms with E-state index in [1.807, 2.05) is 6.07 Å². The number of rotatable bonds is 4. The van der Waals surface area contributed by atoms with E-state index in [9.17, 15) is 4.79 Å². The molecule has 0 saturated heterocycles. The summed E-state index contributed by atoms with van der Waals surface area (Å²) in [6.45, 7) is 3.67. The monoisotopic (exact) mass is 280 g/mol. The first-order valence-corrected chi connectivity index (χ1v) is 7.60. The molecule has 2 nitrogen and oxygen atoms in total. The summed E-state index contributed by atoms with van der Waals surface area (Å²) in [5.74, 6) is -0.234. The van der Waals surface area contributed by atoms with E-state index >= 15 is 0 Å². The first-order valence-electron chi connectivity index (χ1n) is 7.60. The number of ether oxygens (including phenoxy) is 1. The van der Waals surface area contributed by atoms with E-state index in [1.54, 1.807) is 0 Å². The molecule has 0 bridgehead atoms. The molecule has 21 heavy (non-hydrogen) atoms. The minimum absolute atomic E-state index is 0.234. The SMILES string of the molecule is CCCCC1=CC(OC(C)=O)c2cccc3cccc1c23. The van der Waals surface area contributed by atoms with E-state index in [1.165, 1.54) is 28.8 Å². The van der Waals surface area contributed by atoms with Crippen LogP contribution in [-0.4, -0.2) is 5.97 Å². The Balaban J connectivity index is 2.16. The molecular formula is C19H20O2. The Kier molecular flexibility index (Phi) is 3.78. The average molecular weight is 280 g/mol. The Morgan fingerprint density at radius 1 is 1.19 bits per heavy atom. The number of hydrogen-bond donors (Lipinski definition) is 0. The molecule has 1 unspecified atom stereocenters. The summed E-state index contributed by atoms with van der Waals surface area (Å²) in [6, 6.07) is 12.6. The van der Waals surface area contributed by atoms with Gasteiger partial charge in [-0.2, -0.15) is 0 Å². The maximum atomic E-state index is 11.4. The molecular weight excluding hydrogens is 260 g/mol. The number of allylic oxidation sites excluding steroid dienone is 1. The molecule has 1 aliphatic carbocycles. The molecule has 0 spiro atoms. The van der Waals surface area contributed by atoms with Gasteiger partial charge in [-0.05, 0) is 40.8 Å². The summed E-state index contributed by atoms with van der Waals surface area (Å²) in [4.78, 5) is 11.4. The predicted molar refractivity (Wildman–Crippen MR) is 86.0 cm³/mol. The quantitative estimate of drug-likeness (QED) is 0.734. The van der Waals surface area contributed by atoms with Crippen molar-refractivity contribution in [3.63, 3.8) is 0 Å². The summed E-state index contributed by atoms with van der Waals surface area (Å²) in [5, 5.41) is 2.45. The lowest BCUT2D eigenvalue weighted by molar-refractivity contribution is -0.144. The molecule has 0 aliphatic heterocycles. The van der Waals surface area contributed by atoms with Gasteiger partial charge in [0.15, 0.2) is 0 Å². The second kappa shape index (κ2) is 5.72. The fourth-order valence-electron chi connectivity index (χ4n) is 3.10. The molecule has 1 aliphatic rings. The van der Waals surface area contributed by atoms with Crippen molar-refractivity contribution in [1.82, 2.24) is 0 Å². The molecule has 2 heteroatoms. The molecule has 0 fully saturated rings. The third-order valence-electron chi connectivity index (χ3n) is 4.03. The van der Waals surface area contributed by atoms with E-state index < -0.39 is 0 Å². The Hall–Kier alpha value is -2.09. The van der Waals surface area contributed by atoms with Crippen LogP contribution in [0.4, 0.5) is 0 Å². The van der Waals surface area contributed by atoms with Crippen molar-refractivity contribution < 1.29 is 9.53 Å². The highest BCUT2D eigenvalue weighted by molar-refractivity contribution is 5.98. The van der Waals surface area contributed by atoms with Gasteiger partial charge in [-0.15, -0.1) is 0 Å². The van der Waals surface area contributed by atoms with Gasteiger partial charge in [0, 0.05) is 12.5 Å². The van der Waals surface area contributed by atoms with E-state index in [0.29, 0.717) is 0 Å². The highest BCUT2D eigenvalue weighted by Gasteiger charge is 2.23. The van der Waals surface area contributed by atoms with Gasteiger partial charge in [0.25, 0.3) is 0 Å². The van der Waals surface area contributed by atoms with Gasteiger partial charge in [0.2, 0.25) is 0 Å². The maximum absolute atomic E-state index is 11.4. The minimum atomic E-state index is -0.257. The van der Waals surface area contributed by atoms with Crippen LogP contribution in [0.3, 0.4) is 0 Å². The lowest BCUT2D eigenvalue weighted by Gasteiger charge is -2.25. The number of esters is 1. The molecule has 0 saturated carbocycles. The van der Waals surface area contributed by atoms with Gasteiger partial charge in [0.1, 0.15) is 6.10 Å². The zero-order chi connectivity index (χ0) is 14.8. The van der Waals surface area contributed by atoms with Crippen molar-refractivity contribution in [1.29, 1.82) is 0 Å². The minimum Gasteiger partial charge on any atom is -0.453 e. The normalized spacial score (nSPS) is 16.7. The molecule has 108 valence electrons. The Morgan fingerprint density at radius 3 is 2.67 bits per heavy atom. The van der Waals surface area contributed by atoms with Crippen LogP contribution in [0.15, 0.2) is 42.5 Å². The summed E-state index contributed by atoms with van der Waals surface area (Å²) in [6.07, 6.45) is 5.20. The number of carbonyl (C=O) groups excluding carboxylic acids is 1. The first kappa shape index (κ1) is 13.9. The van der Waals surface area contributed by atoms with Crippen LogP contribution >= 0.6 is 0 Å². The van der Waals surface area contributed by atoms with Crippen LogP contribution < -0.4 is 0 Å². The largest absolute Gasteiger partial charge is 0.453 e. The van der Waals surface area contributed by atoms with Crippen LogP contribution in [0, 0.1) is 0 Å². The van der Waals surface area contributed by atoms with Gasteiger partial charge in [0.05, 0.1) is 0 Å². The van der Waals surface area contributed by atoms with Crippen LogP contribution in [0.2, 0.25) is 0 Å². The molecule has 0 radical (unpaired) electrons. The Labute approximate surface area is 125 Å². The van der Waals surface area contributed by atoms with E-state index in [2.05, 4.69) is 43.3 Å². The van der Waals surface area contributed by atoms with Crippen molar-refractivity contribution in [2.45, 2.75) is 39.2 Å². The van der Waals surface area contributed by atoms with E-state index in [0.717, 1.165) is 24.8 Å². The lowest BCUT2D eigenvalue weighted by Crippen LogP contribution is -2.11. The number of unbranched alkanes of at least 4 members (excludes halogenated alkanes) is 1. The van der Waals surface area contributed by atoms with Gasteiger partial charge in [-0.3, -0.25) is 4.79 Å². The van der Waals surface area contributed by atoms with E-state index in [-0.39, 0.29) is 12.1 Å². The highest BCUT2D eigenvalue weighted by Crippen LogP contribution is 2.40. The summed E-state index contributed by atoms with van der Waals surface area (Å²) < 4.78 is 5.53. The zero-order valence-corrected chi connectivity index (χ0v) is 12.6. The van der Waals surface area contributed by atoms with Crippen molar-refractivity contribution in [2.75, 3.05) is 0 Å². The Bertz CT molecular complexity index is 707. The number of benzene rings is 2. The topological polar surface area (TPSA) is 26.3 Å². The third kappa shape index (κ3) is 2.58. The van der Waals surface area contributed by atoms with Crippen molar-refractivity contribution in [3.8, 4) is 0 Å². The van der Waals surface area contributed by atoms with Crippen LogP contribution in [0.5, 0.6) is 0 Å². The van der Waals surface area contributed by atoms with E-state index in [4.69, 9.17) is 4.74 Å². The molecule has 2 aromatic rings. The van der Waals surface area contributed by atoms with Gasteiger partial charge in [-0.25, -0.2) is 0 Å². The fraction of sp³-hybridized carbons (Fsp3) is 0.316. The van der Waals surface area contributed by atoms with Crippen LogP contribution in [0.1, 0.15) is 50.3 Å². The molecule has 0 aromatic heterocycles. The predicted octanol–water partition coefficient (Wildman–Crippen LogP) is 5.03. The Morgan fingerprint density at radius 2 is 1.95 bits per heavy atom. The number of carbonyl (C=O) groups is 1. The standard InChI is InChI=1S/C19H20O2/c1-3-4-7-15-12-18(21-13(2)20)17-11-6-9-14-8-5-10-16(15)19(14)17/h5-6,8-12,18H,3-4,7H2,1-2H3. The molecule has 0 N–H and O–H groups in total. The summed E-state index contributed by atoms with van der Waals surface area (Å²) >= 11 is 0. The van der Waals surface area contributed by atoms with Gasteiger partial charge < -0.3 is 4.74 Å². The van der Waals surface area contributed by atoms with Crippen molar-refractivity contribution >= 4 is 22.3 Å². The van der Waals surface area contributed by atoms with Crippen molar-refractivity contribution in [2.24, 2.45) is 0 Å². The number of hydrogen-bond acceptors (Lipinski definition) is 2. The highest BCUT2D eigenvalue weighted by atomic mass is 16.5. The molecule has 1 atom stereocenters. The van der Waals surface area contributed by atoms with Gasteiger partial charge in [-0.1, -0.05) is 49.7 Å². The van der Waals surface area contributed by atoms with Crippen LogP contribution in [-0.2, 0) is 9.53 Å². The molecule has 0 amide bonds. The average Bonchev–Trinajstić information content (AvgIpc) is 2.48. The third-order valence-corrected chi connectivity index (χ3v) is 4.03. The molecule has 3 rings (SSSR count). The summed E-state index contributed by atoms with van der Waals surface area (Å²) in [5.41, 5.74) is 3.69. The maximum Gasteiger partial charge on any atom is 0.303 e. The van der Waals surface area contributed by atoms with Gasteiger partial charge >= 0.3 is 5.97 Å². The second-order valence-electron chi connectivity index (χ2n) is 5.58. The second-order valence-corrected chi connectivity index (χ2v) is 5.58. The smallest absolute Gasteiger partial charge is 0.303 e. The van der Waals surface area contributed by atoms with Crippen molar-refractivity contribution in [3.05, 3.63) is 53.6 Å².